The molecule has 0 saturated heterocycles. The topological polar surface area (TPSA) is 35.2 Å². The molecule has 2 nitrogen and oxygen atoms in total. The number of nitrogens with two attached hydrogens (primary N) is 1. The fraction of sp³-hybridized carbons (Fsp3) is 1.00. The maximum atomic E-state index is 11.8. The average molecular weight is 213 g/mol. The molecule has 0 saturated carbocycles. The van der Waals surface area contributed by atoms with Crippen molar-refractivity contribution < 1.29 is 17.9 Å². The number of hydrogen-bond acceptors (Lipinski definition) is 2. The van der Waals surface area contributed by atoms with Gasteiger partial charge in [0.05, 0.1) is 12.2 Å². The van der Waals surface area contributed by atoms with Crippen LogP contribution in [-0.4, -0.2) is 24.4 Å². The van der Waals surface area contributed by atoms with Gasteiger partial charge < -0.3 is 10.5 Å². The summed E-state index contributed by atoms with van der Waals surface area (Å²) in [7, 11) is 0. The molecule has 0 aliphatic rings. The van der Waals surface area contributed by atoms with Crippen LogP contribution in [0.4, 0.5) is 13.2 Å². The van der Waals surface area contributed by atoms with Crippen molar-refractivity contribution in [2.45, 2.75) is 51.4 Å². The number of ether oxygens (including phenoxy) is 1. The number of rotatable bonds is 4. The monoisotopic (exact) mass is 213 g/mol. The smallest absolute Gasteiger partial charge is 0.374 e. The van der Waals surface area contributed by atoms with E-state index in [0.717, 1.165) is 0 Å². The zero-order valence-electron chi connectivity index (χ0n) is 8.82. The van der Waals surface area contributed by atoms with Crippen molar-refractivity contribution in [2.75, 3.05) is 6.61 Å². The van der Waals surface area contributed by atoms with Gasteiger partial charge in [-0.1, -0.05) is 0 Å². The fourth-order valence-electron chi connectivity index (χ4n) is 0.789. The highest BCUT2D eigenvalue weighted by Crippen LogP contribution is 2.22. The SMILES string of the molecule is CC(C)(C)OCC(N)CCC(F)(F)F. The van der Waals surface area contributed by atoms with Gasteiger partial charge in [-0.3, -0.25) is 0 Å². The molecule has 5 heteroatoms. The molecule has 0 amide bonds. The average Bonchev–Trinajstić information content (AvgIpc) is 1.94. The van der Waals surface area contributed by atoms with Crippen LogP contribution in [0.25, 0.3) is 0 Å². The van der Waals surface area contributed by atoms with Gasteiger partial charge in [-0.25, -0.2) is 0 Å². The molecule has 0 fully saturated rings. The van der Waals surface area contributed by atoms with Gasteiger partial charge in [0, 0.05) is 12.5 Å². The standard InChI is InChI=1S/C9H18F3NO/c1-8(2,3)14-6-7(13)4-5-9(10,11)12/h7H,4-6,13H2,1-3H3. The molecule has 1 unspecified atom stereocenters. The Bertz CT molecular complexity index is 144. The molecule has 0 aliphatic carbocycles. The Labute approximate surface area is 82.6 Å². The van der Waals surface area contributed by atoms with E-state index < -0.39 is 18.6 Å². The van der Waals surface area contributed by atoms with Crippen molar-refractivity contribution in [3.8, 4) is 0 Å². The minimum absolute atomic E-state index is 0.0837. The van der Waals surface area contributed by atoms with Crippen molar-refractivity contribution in [1.82, 2.24) is 0 Å². The van der Waals surface area contributed by atoms with Gasteiger partial charge in [0.25, 0.3) is 0 Å². The third-order valence-electron chi connectivity index (χ3n) is 1.53. The number of halogens is 3. The van der Waals surface area contributed by atoms with Crippen LogP contribution in [0.1, 0.15) is 33.6 Å². The molecule has 0 radical (unpaired) electrons. The quantitative estimate of drug-likeness (QED) is 0.778. The highest BCUT2D eigenvalue weighted by Gasteiger charge is 2.27. The van der Waals surface area contributed by atoms with E-state index in [2.05, 4.69) is 0 Å². The first-order chi connectivity index (χ1) is 6.10. The van der Waals surface area contributed by atoms with Crippen molar-refractivity contribution in [3.05, 3.63) is 0 Å². The van der Waals surface area contributed by atoms with Gasteiger partial charge >= 0.3 is 6.18 Å². The van der Waals surface area contributed by atoms with E-state index in [9.17, 15) is 13.2 Å². The van der Waals surface area contributed by atoms with Crippen LogP contribution in [0.15, 0.2) is 0 Å². The number of alkyl halides is 3. The summed E-state index contributed by atoms with van der Waals surface area (Å²) >= 11 is 0. The largest absolute Gasteiger partial charge is 0.389 e. The minimum atomic E-state index is -4.13. The van der Waals surface area contributed by atoms with Crippen LogP contribution in [-0.2, 0) is 4.74 Å². The molecule has 0 heterocycles. The highest BCUT2D eigenvalue weighted by atomic mass is 19.4. The second-order valence-electron chi connectivity index (χ2n) is 4.34. The normalized spacial score (nSPS) is 15.6. The summed E-state index contributed by atoms with van der Waals surface area (Å²) in [6.07, 6.45) is -5.05. The molecule has 0 aromatic heterocycles. The first-order valence-electron chi connectivity index (χ1n) is 4.56. The summed E-state index contributed by atoms with van der Waals surface area (Å²) in [6.45, 7) is 5.68. The van der Waals surface area contributed by atoms with Crippen LogP contribution < -0.4 is 5.73 Å². The number of hydrogen-bond donors (Lipinski definition) is 1. The third-order valence-corrected chi connectivity index (χ3v) is 1.53. The zero-order valence-corrected chi connectivity index (χ0v) is 8.82. The summed E-state index contributed by atoms with van der Waals surface area (Å²) in [4.78, 5) is 0. The second-order valence-corrected chi connectivity index (χ2v) is 4.34. The van der Waals surface area contributed by atoms with Crippen molar-refractivity contribution in [3.63, 3.8) is 0 Å². The Balaban J connectivity index is 3.62. The van der Waals surface area contributed by atoms with Gasteiger partial charge in [-0.05, 0) is 27.2 Å². The predicted octanol–water partition coefficient (Wildman–Crippen LogP) is 2.47. The first-order valence-corrected chi connectivity index (χ1v) is 4.56. The lowest BCUT2D eigenvalue weighted by atomic mass is 10.1. The maximum absolute atomic E-state index is 11.8. The molecule has 1 atom stereocenters. The van der Waals surface area contributed by atoms with E-state index in [1.54, 1.807) is 0 Å². The van der Waals surface area contributed by atoms with Gasteiger partial charge in [-0.15, -0.1) is 0 Å². The van der Waals surface area contributed by atoms with E-state index in [1.807, 2.05) is 20.8 Å². The lowest BCUT2D eigenvalue weighted by Gasteiger charge is -2.22. The fourth-order valence-corrected chi connectivity index (χ4v) is 0.789. The first kappa shape index (κ1) is 13.7. The lowest BCUT2D eigenvalue weighted by Crippen LogP contribution is -2.32. The Hall–Kier alpha value is -0.290. The van der Waals surface area contributed by atoms with E-state index in [4.69, 9.17) is 10.5 Å². The Morgan fingerprint density at radius 2 is 1.71 bits per heavy atom. The molecule has 0 aliphatic heterocycles. The van der Waals surface area contributed by atoms with Gasteiger partial charge in [0.15, 0.2) is 0 Å². The van der Waals surface area contributed by atoms with Gasteiger partial charge in [0.1, 0.15) is 0 Å². The summed E-state index contributed by atoms with van der Waals surface area (Å²) in [5.41, 5.74) is 5.11. The summed E-state index contributed by atoms with van der Waals surface area (Å²) in [5.74, 6) is 0. The van der Waals surface area contributed by atoms with E-state index >= 15 is 0 Å². The molecule has 0 bridgehead atoms. The molecule has 14 heavy (non-hydrogen) atoms. The Kier molecular flexibility index (Phi) is 4.88. The summed E-state index contributed by atoms with van der Waals surface area (Å²) in [6, 6.07) is -0.546. The lowest BCUT2D eigenvalue weighted by molar-refractivity contribution is -0.137. The molecule has 2 N–H and O–H groups in total. The van der Waals surface area contributed by atoms with Crippen LogP contribution in [0.3, 0.4) is 0 Å². The minimum Gasteiger partial charge on any atom is -0.374 e. The van der Waals surface area contributed by atoms with Crippen molar-refractivity contribution >= 4 is 0 Å². The van der Waals surface area contributed by atoms with E-state index in [-0.39, 0.29) is 18.6 Å². The molecular weight excluding hydrogens is 195 g/mol. The Morgan fingerprint density at radius 3 is 2.07 bits per heavy atom. The zero-order chi connectivity index (χ0) is 11.4. The maximum Gasteiger partial charge on any atom is 0.389 e. The summed E-state index contributed by atoms with van der Waals surface area (Å²) in [5, 5.41) is 0. The van der Waals surface area contributed by atoms with Crippen LogP contribution >= 0.6 is 0 Å². The van der Waals surface area contributed by atoms with E-state index in [0.29, 0.717) is 0 Å². The molecule has 0 spiro atoms. The molecule has 0 aromatic carbocycles. The van der Waals surface area contributed by atoms with E-state index in [1.165, 1.54) is 0 Å². The van der Waals surface area contributed by atoms with Crippen molar-refractivity contribution in [2.24, 2.45) is 5.73 Å². The predicted molar refractivity (Wildman–Crippen MR) is 49.0 cm³/mol. The highest BCUT2D eigenvalue weighted by molar-refractivity contribution is 4.66. The van der Waals surface area contributed by atoms with Crippen LogP contribution in [0.2, 0.25) is 0 Å². The second kappa shape index (κ2) is 4.98. The van der Waals surface area contributed by atoms with Crippen molar-refractivity contribution in [1.29, 1.82) is 0 Å². The third kappa shape index (κ3) is 9.80. The van der Waals surface area contributed by atoms with Crippen LogP contribution in [0.5, 0.6) is 0 Å². The molecular formula is C9H18F3NO. The Morgan fingerprint density at radius 1 is 1.21 bits per heavy atom. The van der Waals surface area contributed by atoms with Gasteiger partial charge in [-0.2, -0.15) is 13.2 Å². The summed E-state index contributed by atoms with van der Waals surface area (Å²) < 4.78 is 40.6. The van der Waals surface area contributed by atoms with Gasteiger partial charge in [0.2, 0.25) is 0 Å². The molecule has 0 rings (SSSR count). The van der Waals surface area contributed by atoms with Crippen LogP contribution in [0, 0.1) is 0 Å². The molecule has 0 aromatic rings. The molecule has 86 valence electrons.